The highest BCUT2D eigenvalue weighted by molar-refractivity contribution is 9.13. The fourth-order valence-corrected chi connectivity index (χ4v) is 4.03. The highest BCUT2D eigenvalue weighted by atomic mass is 79.9. The van der Waals surface area contributed by atoms with Crippen LogP contribution in [-0.2, 0) is 0 Å². The quantitative estimate of drug-likeness (QED) is 0.621. The lowest BCUT2D eigenvalue weighted by atomic mass is 10.3. The number of benzene rings is 1. The van der Waals surface area contributed by atoms with E-state index in [-0.39, 0.29) is 5.69 Å². The molecule has 114 valence electrons. The molecule has 0 spiro atoms. The maximum Gasteiger partial charge on any atom is 0.348 e. The minimum atomic E-state index is -0.365. The fraction of sp³-hybridized carbons (Fsp3) is 0.0769. The van der Waals surface area contributed by atoms with Crippen LogP contribution in [0.15, 0.2) is 37.3 Å². The molecule has 0 aliphatic rings. The Balaban J connectivity index is 2.14. The summed E-state index contributed by atoms with van der Waals surface area (Å²) in [5.41, 5.74) is 0.119. The first-order valence-corrected chi connectivity index (χ1v) is 8.76. The number of ether oxygens (including phenoxy) is 1. The van der Waals surface area contributed by atoms with Crippen molar-refractivity contribution in [3.63, 3.8) is 0 Å². The summed E-state index contributed by atoms with van der Waals surface area (Å²) in [5, 5.41) is 4.83. The van der Waals surface area contributed by atoms with Gasteiger partial charge in [0.05, 0.1) is 15.8 Å². The lowest BCUT2D eigenvalue weighted by molar-refractivity contribution is 0.411. The third-order valence-electron chi connectivity index (χ3n) is 2.87. The Labute approximate surface area is 151 Å². The number of H-pyrrole nitrogens is 1. The van der Waals surface area contributed by atoms with Crippen LogP contribution in [0.2, 0.25) is 5.02 Å². The SMILES string of the molecule is COc1ccc(Cl)cc1-n1nc(-c2cc(Br)c(Br)s2)[nH]c1=O. The highest BCUT2D eigenvalue weighted by Crippen LogP contribution is 2.36. The summed E-state index contributed by atoms with van der Waals surface area (Å²) in [5.74, 6) is 0.988. The lowest BCUT2D eigenvalue weighted by Gasteiger charge is -2.07. The van der Waals surface area contributed by atoms with E-state index in [2.05, 4.69) is 41.9 Å². The number of nitrogens with one attached hydrogen (secondary N) is 1. The van der Waals surface area contributed by atoms with Crippen molar-refractivity contribution < 1.29 is 4.74 Å². The highest BCUT2D eigenvalue weighted by Gasteiger charge is 2.15. The molecule has 0 saturated heterocycles. The standard InChI is InChI=1S/C13H8Br2ClN3O2S/c1-21-9-3-2-6(16)4-8(9)19-13(20)17-12(18-19)10-5-7(14)11(15)22-10/h2-5H,1H3,(H,17,18,20). The van der Waals surface area contributed by atoms with E-state index in [9.17, 15) is 4.79 Å². The normalized spacial score (nSPS) is 10.9. The molecular weight excluding hydrogens is 457 g/mol. The summed E-state index contributed by atoms with van der Waals surface area (Å²) in [6, 6.07) is 6.89. The van der Waals surface area contributed by atoms with Crippen molar-refractivity contribution >= 4 is 54.8 Å². The molecule has 0 aliphatic carbocycles. The number of aromatic nitrogens is 3. The number of aromatic amines is 1. The molecule has 0 aliphatic heterocycles. The molecule has 9 heteroatoms. The van der Waals surface area contributed by atoms with Gasteiger partial charge < -0.3 is 4.74 Å². The number of methoxy groups -OCH3 is 1. The number of hydrogen-bond acceptors (Lipinski definition) is 4. The molecule has 0 fully saturated rings. The number of thiophene rings is 1. The van der Waals surface area contributed by atoms with E-state index in [1.807, 2.05) is 6.07 Å². The van der Waals surface area contributed by atoms with Gasteiger partial charge in [-0.05, 0) is 56.1 Å². The van der Waals surface area contributed by atoms with Gasteiger partial charge in [0.1, 0.15) is 11.4 Å². The molecule has 2 aromatic heterocycles. The van der Waals surface area contributed by atoms with E-state index >= 15 is 0 Å². The molecule has 5 nitrogen and oxygen atoms in total. The average molecular weight is 466 g/mol. The van der Waals surface area contributed by atoms with Crippen LogP contribution in [0.1, 0.15) is 0 Å². The Hall–Kier alpha value is -1.09. The van der Waals surface area contributed by atoms with Crippen LogP contribution in [0, 0.1) is 0 Å². The van der Waals surface area contributed by atoms with Gasteiger partial charge in [-0.1, -0.05) is 11.6 Å². The maximum atomic E-state index is 12.2. The molecule has 0 radical (unpaired) electrons. The van der Waals surface area contributed by atoms with Gasteiger partial charge in [-0.25, -0.2) is 4.79 Å². The summed E-state index contributed by atoms with van der Waals surface area (Å²) in [7, 11) is 1.53. The molecule has 1 N–H and O–H groups in total. The molecule has 22 heavy (non-hydrogen) atoms. The van der Waals surface area contributed by atoms with Gasteiger partial charge in [0.2, 0.25) is 0 Å². The van der Waals surface area contributed by atoms with Gasteiger partial charge in [0, 0.05) is 9.50 Å². The summed E-state index contributed by atoms with van der Waals surface area (Å²) in [6.45, 7) is 0. The van der Waals surface area contributed by atoms with Gasteiger partial charge in [-0.15, -0.1) is 16.4 Å². The van der Waals surface area contributed by atoms with Crippen molar-refractivity contribution in [2.75, 3.05) is 7.11 Å². The number of rotatable bonds is 3. The Morgan fingerprint density at radius 1 is 1.36 bits per heavy atom. The van der Waals surface area contributed by atoms with E-state index in [0.717, 1.165) is 13.1 Å². The van der Waals surface area contributed by atoms with Crippen LogP contribution < -0.4 is 10.4 Å². The first-order valence-electron chi connectivity index (χ1n) is 5.98. The van der Waals surface area contributed by atoms with Crippen molar-refractivity contribution in [1.82, 2.24) is 14.8 Å². The first kappa shape index (κ1) is 15.8. The van der Waals surface area contributed by atoms with Crippen molar-refractivity contribution in [2.45, 2.75) is 0 Å². The zero-order chi connectivity index (χ0) is 15.9. The monoisotopic (exact) mass is 463 g/mol. The minimum Gasteiger partial charge on any atom is -0.494 e. The maximum absolute atomic E-state index is 12.2. The van der Waals surface area contributed by atoms with Gasteiger partial charge in [0.15, 0.2) is 5.82 Å². The van der Waals surface area contributed by atoms with E-state index in [1.54, 1.807) is 18.2 Å². The summed E-state index contributed by atoms with van der Waals surface area (Å²) in [6.07, 6.45) is 0. The number of hydrogen-bond donors (Lipinski definition) is 1. The molecule has 0 atom stereocenters. The van der Waals surface area contributed by atoms with Crippen LogP contribution in [-0.4, -0.2) is 21.9 Å². The van der Waals surface area contributed by atoms with Crippen LogP contribution in [0.25, 0.3) is 16.4 Å². The lowest BCUT2D eigenvalue weighted by Crippen LogP contribution is -2.16. The van der Waals surface area contributed by atoms with Crippen LogP contribution in [0.5, 0.6) is 5.75 Å². The molecule has 3 rings (SSSR count). The van der Waals surface area contributed by atoms with Gasteiger partial charge in [-0.3, -0.25) is 4.98 Å². The fourth-order valence-electron chi connectivity index (χ4n) is 1.89. The zero-order valence-corrected chi connectivity index (χ0v) is 15.8. The molecule has 0 amide bonds. The van der Waals surface area contributed by atoms with E-state index in [0.29, 0.717) is 22.3 Å². The number of halogens is 3. The third kappa shape index (κ3) is 2.88. The molecule has 0 bridgehead atoms. The number of nitrogens with zero attached hydrogens (tertiary/aromatic N) is 2. The van der Waals surface area contributed by atoms with E-state index < -0.39 is 0 Å². The molecular formula is C13H8Br2ClN3O2S. The minimum absolute atomic E-state index is 0.365. The topological polar surface area (TPSA) is 59.9 Å². The second kappa shape index (κ2) is 6.19. The second-order valence-electron chi connectivity index (χ2n) is 4.24. The predicted molar refractivity (Wildman–Crippen MR) is 94.5 cm³/mol. The van der Waals surface area contributed by atoms with Crippen LogP contribution in [0.3, 0.4) is 0 Å². The molecule has 2 heterocycles. The Bertz CT molecular complexity index is 884. The molecule has 0 saturated carbocycles. The van der Waals surface area contributed by atoms with Crippen LogP contribution >= 0.6 is 54.8 Å². The third-order valence-corrected chi connectivity index (χ3v) is 6.36. The summed E-state index contributed by atoms with van der Waals surface area (Å²) in [4.78, 5) is 15.8. The van der Waals surface area contributed by atoms with Crippen molar-refractivity contribution in [1.29, 1.82) is 0 Å². The predicted octanol–water partition coefficient (Wildman–Crippen LogP) is 4.48. The first-order chi connectivity index (χ1) is 10.5. The molecule has 3 aromatic rings. The summed E-state index contributed by atoms with van der Waals surface area (Å²) >= 11 is 14.3. The zero-order valence-electron chi connectivity index (χ0n) is 11.1. The van der Waals surface area contributed by atoms with Crippen molar-refractivity contribution in [3.05, 3.63) is 48.0 Å². The van der Waals surface area contributed by atoms with Crippen molar-refractivity contribution in [3.8, 4) is 22.1 Å². The Kier molecular flexibility index (Phi) is 4.44. The van der Waals surface area contributed by atoms with Gasteiger partial charge >= 0.3 is 5.69 Å². The van der Waals surface area contributed by atoms with E-state index in [1.165, 1.54) is 23.1 Å². The average Bonchev–Trinajstić information content (AvgIpc) is 3.02. The van der Waals surface area contributed by atoms with Crippen LogP contribution in [0.4, 0.5) is 0 Å². The van der Waals surface area contributed by atoms with Gasteiger partial charge in [-0.2, -0.15) is 4.68 Å². The van der Waals surface area contributed by atoms with Crippen molar-refractivity contribution in [2.24, 2.45) is 0 Å². The Morgan fingerprint density at radius 2 is 2.14 bits per heavy atom. The molecule has 0 unspecified atom stereocenters. The summed E-state index contributed by atoms with van der Waals surface area (Å²) < 4.78 is 8.34. The Morgan fingerprint density at radius 3 is 2.77 bits per heavy atom. The molecule has 1 aromatic carbocycles. The largest absolute Gasteiger partial charge is 0.494 e. The van der Waals surface area contributed by atoms with Gasteiger partial charge in [0.25, 0.3) is 0 Å². The van der Waals surface area contributed by atoms with E-state index in [4.69, 9.17) is 16.3 Å². The second-order valence-corrected chi connectivity index (χ2v) is 7.90. The smallest absolute Gasteiger partial charge is 0.348 e.